The van der Waals surface area contributed by atoms with Crippen LogP contribution in [0.5, 0.6) is 5.75 Å². The number of benzene rings is 1. The van der Waals surface area contributed by atoms with Crippen molar-refractivity contribution < 1.29 is 9.53 Å². The summed E-state index contributed by atoms with van der Waals surface area (Å²) < 4.78 is 5.72. The molecule has 0 saturated carbocycles. The topological polar surface area (TPSA) is 66.0 Å². The van der Waals surface area contributed by atoms with E-state index in [1.807, 2.05) is 63.1 Å². The summed E-state index contributed by atoms with van der Waals surface area (Å²) in [6, 6.07) is 9.73. The molecule has 0 aliphatic rings. The third kappa shape index (κ3) is 8.42. The first kappa shape index (κ1) is 23.5. The Morgan fingerprint density at radius 3 is 2.48 bits per heavy atom. The van der Waals surface area contributed by atoms with Crippen LogP contribution >= 0.6 is 24.0 Å². The van der Waals surface area contributed by atoms with Gasteiger partial charge in [-0.25, -0.2) is 0 Å². The van der Waals surface area contributed by atoms with Crippen molar-refractivity contribution in [2.45, 2.75) is 20.8 Å². The number of ether oxygens (including phenoxy) is 1. The number of carbonyl (C=O) groups excluding carboxylic acids is 1. The van der Waals surface area contributed by atoms with Crippen molar-refractivity contribution in [1.29, 1.82) is 0 Å². The average Bonchev–Trinajstić information content (AvgIpc) is 2.58. The van der Waals surface area contributed by atoms with Gasteiger partial charge < -0.3 is 20.3 Å². The number of para-hydroxylation sites is 1. The maximum atomic E-state index is 11.9. The molecule has 2 N–H and O–H groups in total. The minimum Gasteiger partial charge on any atom is -0.492 e. The Balaban J connectivity index is 0.00000576. The standard InChI is InChI=1S/C18H30N4O2.HI/c1-6-20-17(21-14-18(2,3)16(23)19-4)22(5)12-13-24-15-10-8-7-9-11-15;/h7-11H,6,12-14H2,1-5H3,(H,19,23)(H,20,21);1H. The molecule has 0 atom stereocenters. The Morgan fingerprint density at radius 2 is 1.92 bits per heavy atom. The van der Waals surface area contributed by atoms with Gasteiger partial charge in [0, 0.05) is 20.6 Å². The highest BCUT2D eigenvalue weighted by Gasteiger charge is 2.26. The molecule has 0 heterocycles. The van der Waals surface area contributed by atoms with E-state index in [0.29, 0.717) is 19.7 Å². The van der Waals surface area contributed by atoms with Gasteiger partial charge in [-0.2, -0.15) is 0 Å². The molecule has 0 aliphatic heterocycles. The van der Waals surface area contributed by atoms with Gasteiger partial charge in [0.15, 0.2) is 5.96 Å². The number of rotatable bonds is 8. The molecule has 0 unspecified atom stereocenters. The normalized spacial score (nSPS) is 11.3. The van der Waals surface area contributed by atoms with Crippen LogP contribution < -0.4 is 15.4 Å². The van der Waals surface area contributed by atoms with Crippen LogP contribution in [0.2, 0.25) is 0 Å². The van der Waals surface area contributed by atoms with Crippen molar-refractivity contribution in [3.05, 3.63) is 30.3 Å². The third-order valence-corrected chi connectivity index (χ3v) is 3.60. The molecule has 0 spiro atoms. The molecule has 7 heteroatoms. The van der Waals surface area contributed by atoms with Gasteiger partial charge in [-0.05, 0) is 32.9 Å². The van der Waals surface area contributed by atoms with Crippen LogP contribution in [0.25, 0.3) is 0 Å². The maximum Gasteiger partial charge on any atom is 0.227 e. The number of carbonyl (C=O) groups is 1. The lowest BCUT2D eigenvalue weighted by atomic mass is 9.93. The maximum absolute atomic E-state index is 11.9. The monoisotopic (exact) mass is 462 g/mol. The number of hydrogen-bond acceptors (Lipinski definition) is 3. The van der Waals surface area contributed by atoms with E-state index in [4.69, 9.17) is 4.74 Å². The van der Waals surface area contributed by atoms with Gasteiger partial charge >= 0.3 is 0 Å². The Bertz CT molecular complexity index is 535. The van der Waals surface area contributed by atoms with Crippen LogP contribution in [0.1, 0.15) is 20.8 Å². The Labute approximate surface area is 168 Å². The largest absolute Gasteiger partial charge is 0.492 e. The molecule has 0 bridgehead atoms. The summed E-state index contributed by atoms with van der Waals surface area (Å²) in [4.78, 5) is 18.5. The Hall–Kier alpha value is -1.51. The fourth-order valence-corrected chi connectivity index (χ4v) is 2.08. The molecule has 142 valence electrons. The van der Waals surface area contributed by atoms with Crippen molar-refractivity contribution in [1.82, 2.24) is 15.5 Å². The molecule has 1 aromatic carbocycles. The second-order valence-corrected chi connectivity index (χ2v) is 6.22. The highest BCUT2D eigenvalue weighted by Crippen LogP contribution is 2.15. The first-order valence-corrected chi connectivity index (χ1v) is 8.30. The number of halogens is 1. The second kappa shape index (κ2) is 11.9. The zero-order valence-electron chi connectivity index (χ0n) is 15.8. The van der Waals surface area contributed by atoms with E-state index >= 15 is 0 Å². The highest BCUT2D eigenvalue weighted by atomic mass is 127. The van der Waals surface area contributed by atoms with Crippen LogP contribution in [0, 0.1) is 5.41 Å². The predicted molar refractivity (Wildman–Crippen MR) is 114 cm³/mol. The van der Waals surface area contributed by atoms with Crippen LogP contribution in [-0.4, -0.2) is 57.1 Å². The SMILES string of the molecule is CCNC(=NCC(C)(C)C(=O)NC)N(C)CCOc1ccccc1.I. The molecule has 0 radical (unpaired) electrons. The van der Waals surface area contributed by atoms with Crippen molar-refractivity contribution in [3.63, 3.8) is 0 Å². The molecule has 0 aromatic heterocycles. The quantitative estimate of drug-likeness (QED) is 0.354. The van der Waals surface area contributed by atoms with E-state index in [1.165, 1.54) is 0 Å². The fraction of sp³-hybridized carbons (Fsp3) is 0.556. The lowest BCUT2D eigenvalue weighted by Crippen LogP contribution is -2.43. The van der Waals surface area contributed by atoms with Crippen molar-refractivity contribution in [3.8, 4) is 5.75 Å². The van der Waals surface area contributed by atoms with Gasteiger partial charge in [0.2, 0.25) is 5.91 Å². The van der Waals surface area contributed by atoms with Crippen LogP contribution in [0.3, 0.4) is 0 Å². The summed E-state index contributed by atoms with van der Waals surface area (Å²) in [5.74, 6) is 1.61. The van der Waals surface area contributed by atoms with Crippen LogP contribution in [0.15, 0.2) is 35.3 Å². The summed E-state index contributed by atoms with van der Waals surface area (Å²) in [6.07, 6.45) is 0. The van der Waals surface area contributed by atoms with Gasteiger partial charge in [-0.15, -0.1) is 24.0 Å². The zero-order valence-corrected chi connectivity index (χ0v) is 18.2. The highest BCUT2D eigenvalue weighted by molar-refractivity contribution is 14.0. The molecule has 0 fully saturated rings. The van der Waals surface area contributed by atoms with E-state index in [-0.39, 0.29) is 29.9 Å². The van der Waals surface area contributed by atoms with Crippen molar-refractivity contribution in [2.75, 3.05) is 40.3 Å². The molecule has 1 rings (SSSR count). The van der Waals surface area contributed by atoms with Gasteiger partial charge in [0.1, 0.15) is 12.4 Å². The van der Waals surface area contributed by atoms with Gasteiger partial charge in [-0.1, -0.05) is 18.2 Å². The zero-order chi connectivity index (χ0) is 18.0. The fourth-order valence-electron chi connectivity index (χ4n) is 2.08. The van der Waals surface area contributed by atoms with Crippen LogP contribution in [0.4, 0.5) is 0 Å². The van der Waals surface area contributed by atoms with Crippen molar-refractivity contribution in [2.24, 2.45) is 10.4 Å². The molecular weight excluding hydrogens is 431 g/mol. The summed E-state index contributed by atoms with van der Waals surface area (Å²) in [6.45, 7) is 8.23. The lowest BCUT2D eigenvalue weighted by molar-refractivity contribution is -0.128. The molecule has 25 heavy (non-hydrogen) atoms. The van der Waals surface area contributed by atoms with E-state index in [9.17, 15) is 4.79 Å². The predicted octanol–water partition coefficient (Wildman–Crippen LogP) is 2.35. The summed E-state index contributed by atoms with van der Waals surface area (Å²) in [5, 5.41) is 5.93. The Kier molecular flexibility index (Phi) is 11.2. The summed E-state index contributed by atoms with van der Waals surface area (Å²) >= 11 is 0. The molecule has 6 nitrogen and oxygen atoms in total. The minimum atomic E-state index is -0.545. The average molecular weight is 462 g/mol. The number of nitrogens with one attached hydrogen (secondary N) is 2. The first-order valence-electron chi connectivity index (χ1n) is 8.30. The number of guanidine groups is 1. The number of likely N-dealkylation sites (N-methyl/N-ethyl adjacent to an activating group) is 1. The first-order chi connectivity index (χ1) is 11.4. The number of amides is 1. The number of nitrogens with zero attached hydrogens (tertiary/aromatic N) is 2. The third-order valence-electron chi connectivity index (χ3n) is 3.60. The van der Waals surface area contributed by atoms with E-state index in [2.05, 4.69) is 15.6 Å². The molecule has 0 aliphatic carbocycles. The van der Waals surface area contributed by atoms with E-state index < -0.39 is 5.41 Å². The number of hydrogen-bond donors (Lipinski definition) is 2. The molecular formula is C18H31IN4O2. The van der Waals surface area contributed by atoms with Gasteiger partial charge in [0.25, 0.3) is 0 Å². The summed E-state index contributed by atoms with van der Waals surface area (Å²) in [5.41, 5.74) is -0.545. The smallest absolute Gasteiger partial charge is 0.227 e. The lowest BCUT2D eigenvalue weighted by Gasteiger charge is -2.25. The molecule has 0 saturated heterocycles. The number of aliphatic imine (C=N–C) groups is 1. The Morgan fingerprint density at radius 1 is 1.28 bits per heavy atom. The van der Waals surface area contributed by atoms with Crippen molar-refractivity contribution >= 4 is 35.8 Å². The molecule has 1 amide bonds. The second-order valence-electron chi connectivity index (χ2n) is 6.22. The van der Waals surface area contributed by atoms with Gasteiger partial charge in [-0.3, -0.25) is 9.79 Å². The molecule has 1 aromatic rings. The van der Waals surface area contributed by atoms with Crippen LogP contribution in [-0.2, 0) is 4.79 Å². The minimum absolute atomic E-state index is 0. The van der Waals surface area contributed by atoms with E-state index in [0.717, 1.165) is 18.3 Å². The summed E-state index contributed by atoms with van der Waals surface area (Å²) in [7, 11) is 3.61. The van der Waals surface area contributed by atoms with Gasteiger partial charge in [0.05, 0.1) is 18.5 Å². The van der Waals surface area contributed by atoms with E-state index in [1.54, 1.807) is 7.05 Å².